The van der Waals surface area contributed by atoms with E-state index < -0.39 is 0 Å². The molecule has 1 saturated heterocycles. The third kappa shape index (κ3) is 3.65. The first-order valence-electron chi connectivity index (χ1n) is 6.57. The van der Waals surface area contributed by atoms with Crippen molar-refractivity contribution in [2.75, 3.05) is 40.5 Å². The zero-order chi connectivity index (χ0) is 12.9. The second-order valence-electron chi connectivity index (χ2n) is 5.45. The summed E-state index contributed by atoms with van der Waals surface area (Å²) in [6, 6.07) is 0. The van der Waals surface area contributed by atoms with Crippen LogP contribution in [0.25, 0.3) is 0 Å². The average Bonchev–Trinajstić information content (AvgIpc) is 2.35. The maximum absolute atomic E-state index is 6.04. The van der Waals surface area contributed by atoms with Gasteiger partial charge >= 0.3 is 0 Å². The molecule has 1 heterocycles. The smallest absolute Gasteiger partial charge is 0.0616 e. The Morgan fingerprint density at radius 2 is 2.24 bits per heavy atom. The van der Waals surface area contributed by atoms with Crippen molar-refractivity contribution in [2.45, 2.75) is 38.3 Å². The van der Waals surface area contributed by atoms with Crippen molar-refractivity contribution >= 4 is 0 Å². The third-order valence-electron chi connectivity index (χ3n) is 4.04. The zero-order valence-electron chi connectivity index (χ0n) is 11.7. The van der Waals surface area contributed by atoms with E-state index in [9.17, 15) is 0 Å². The Hall–Kier alpha value is -0.160. The number of nitrogens with two attached hydrogens (primary N) is 1. The summed E-state index contributed by atoms with van der Waals surface area (Å²) in [7, 11) is 3.89. The van der Waals surface area contributed by atoms with Crippen LogP contribution in [0.1, 0.15) is 26.7 Å². The van der Waals surface area contributed by atoms with Crippen LogP contribution in [-0.4, -0.2) is 57.0 Å². The Morgan fingerprint density at radius 3 is 2.76 bits per heavy atom. The number of nitrogens with zero attached hydrogens (tertiary/aromatic N) is 1. The molecule has 1 aliphatic rings. The molecule has 2 atom stereocenters. The lowest BCUT2D eigenvalue weighted by Gasteiger charge is -2.47. The number of hydrogen-bond acceptors (Lipinski definition) is 4. The fourth-order valence-electron chi connectivity index (χ4n) is 2.52. The average molecular weight is 244 g/mol. The molecule has 0 saturated carbocycles. The van der Waals surface area contributed by atoms with Crippen molar-refractivity contribution in [1.82, 2.24) is 4.90 Å². The van der Waals surface area contributed by atoms with Gasteiger partial charge in [0.15, 0.2) is 0 Å². The summed E-state index contributed by atoms with van der Waals surface area (Å²) < 4.78 is 11.0. The lowest BCUT2D eigenvalue weighted by Crippen LogP contribution is -2.58. The highest BCUT2D eigenvalue weighted by atomic mass is 16.5. The minimum Gasteiger partial charge on any atom is -0.383 e. The van der Waals surface area contributed by atoms with E-state index in [0.29, 0.717) is 18.6 Å². The SMILES string of the molecule is COCCN(C)C1(CN)CCOC(C(C)C)C1. The van der Waals surface area contributed by atoms with E-state index >= 15 is 0 Å². The molecule has 4 heteroatoms. The van der Waals surface area contributed by atoms with Crippen molar-refractivity contribution in [3.05, 3.63) is 0 Å². The fourth-order valence-corrected chi connectivity index (χ4v) is 2.52. The van der Waals surface area contributed by atoms with Crippen molar-refractivity contribution in [3.63, 3.8) is 0 Å². The molecule has 1 aliphatic heterocycles. The first-order valence-corrected chi connectivity index (χ1v) is 6.57. The summed E-state index contributed by atoms with van der Waals surface area (Å²) in [5.41, 5.74) is 6.12. The Morgan fingerprint density at radius 1 is 1.53 bits per heavy atom. The second-order valence-corrected chi connectivity index (χ2v) is 5.45. The highest BCUT2D eigenvalue weighted by molar-refractivity contribution is 4.95. The maximum Gasteiger partial charge on any atom is 0.0616 e. The molecule has 1 rings (SSSR count). The Bertz CT molecular complexity index is 223. The highest BCUT2D eigenvalue weighted by Gasteiger charge is 2.39. The van der Waals surface area contributed by atoms with Gasteiger partial charge in [0.1, 0.15) is 0 Å². The van der Waals surface area contributed by atoms with Crippen LogP contribution >= 0.6 is 0 Å². The summed E-state index contributed by atoms with van der Waals surface area (Å²) in [5.74, 6) is 0.553. The van der Waals surface area contributed by atoms with Crippen LogP contribution in [0.3, 0.4) is 0 Å². The maximum atomic E-state index is 6.04. The largest absolute Gasteiger partial charge is 0.383 e. The van der Waals surface area contributed by atoms with Crippen LogP contribution in [0, 0.1) is 5.92 Å². The van der Waals surface area contributed by atoms with Gasteiger partial charge in [-0.2, -0.15) is 0 Å². The summed E-state index contributed by atoms with van der Waals surface area (Å²) in [6.07, 6.45) is 2.38. The molecule has 0 aromatic carbocycles. The van der Waals surface area contributed by atoms with Crippen LogP contribution < -0.4 is 5.73 Å². The van der Waals surface area contributed by atoms with Crippen LogP contribution in [0.15, 0.2) is 0 Å². The van der Waals surface area contributed by atoms with Gasteiger partial charge < -0.3 is 15.2 Å². The van der Waals surface area contributed by atoms with Crippen molar-refractivity contribution < 1.29 is 9.47 Å². The molecule has 4 nitrogen and oxygen atoms in total. The number of likely N-dealkylation sites (N-methyl/N-ethyl adjacent to an activating group) is 1. The number of ether oxygens (including phenoxy) is 2. The van der Waals surface area contributed by atoms with Gasteiger partial charge in [0.2, 0.25) is 0 Å². The van der Waals surface area contributed by atoms with Crippen molar-refractivity contribution in [3.8, 4) is 0 Å². The van der Waals surface area contributed by atoms with Gasteiger partial charge in [-0.1, -0.05) is 13.8 Å². The van der Waals surface area contributed by atoms with Gasteiger partial charge in [0.05, 0.1) is 12.7 Å². The van der Waals surface area contributed by atoms with Crippen LogP contribution in [-0.2, 0) is 9.47 Å². The van der Waals surface area contributed by atoms with E-state index in [1.807, 2.05) is 0 Å². The topological polar surface area (TPSA) is 47.7 Å². The van der Waals surface area contributed by atoms with Gasteiger partial charge in [-0.15, -0.1) is 0 Å². The van der Waals surface area contributed by atoms with Gasteiger partial charge in [-0.3, -0.25) is 4.90 Å². The minimum atomic E-state index is 0.0890. The normalized spacial score (nSPS) is 30.2. The Kier molecular flexibility index (Phi) is 5.86. The molecule has 0 aromatic rings. The lowest BCUT2D eigenvalue weighted by molar-refractivity contribution is -0.0841. The van der Waals surface area contributed by atoms with Crippen LogP contribution in [0.5, 0.6) is 0 Å². The standard InChI is InChI=1S/C13H28N2O2/c1-11(2)12-9-13(10-14,5-7-17-12)15(3)6-8-16-4/h11-12H,5-10,14H2,1-4H3. The van der Waals surface area contributed by atoms with Gasteiger partial charge in [0.25, 0.3) is 0 Å². The van der Waals surface area contributed by atoms with E-state index in [1.54, 1.807) is 7.11 Å². The minimum absolute atomic E-state index is 0.0890. The molecule has 0 aliphatic carbocycles. The summed E-state index contributed by atoms with van der Waals surface area (Å²) in [5, 5.41) is 0. The monoisotopic (exact) mass is 244 g/mol. The molecule has 0 bridgehead atoms. The Balaban J connectivity index is 2.65. The molecule has 0 aromatic heterocycles. The molecular weight excluding hydrogens is 216 g/mol. The zero-order valence-corrected chi connectivity index (χ0v) is 11.7. The molecule has 0 spiro atoms. The molecule has 0 radical (unpaired) electrons. The summed E-state index contributed by atoms with van der Waals surface area (Å²) in [4.78, 5) is 2.36. The van der Waals surface area contributed by atoms with E-state index in [2.05, 4.69) is 25.8 Å². The molecule has 1 fully saturated rings. The quantitative estimate of drug-likeness (QED) is 0.760. The fraction of sp³-hybridized carbons (Fsp3) is 1.00. The molecule has 2 N–H and O–H groups in total. The predicted molar refractivity (Wildman–Crippen MR) is 70.1 cm³/mol. The second kappa shape index (κ2) is 6.69. The van der Waals surface area contributed by atoms with Gasteiger partial charge in [-0.05, 0) is 25.8 Å². The van der Waals surface area contributed by atoms with E-state index in [4.69, 9.17) is 15.2 Å². The summed E-state index contributed by atoms with van der Waals surface area (Å²) in [6.45, 7) is 7.62. The van der Waals surface area contributed by atoms with Gasteiger partial charge in [0, 0.05) is 32.3 Å². The van der Waals surface area contributed by atoms with Crippen LogP contribution in [0.2, 0.25) is 0 Å². The van der Waals surface area contributed by atoms with E-state index in [-0.39, 0.29) is 5.54 Å². The van der Waals surface area contributed by atoms with Crippen molar-refractivity contribution in [1.29, 1.82) is 0 Å². The van der Waals surface area contributed by atoms with Crippen LogP contribution in [0.4, 0.5) is 0 Å². The highest BCUT2D eigenvalue weighted by Crippen LogP contribution is 2.32. The number of methoxy groups -OCH3 is 1. The molecule has 102 valence electrons. The number of hydrogen-bond donors (Lipinski definition) is 1. The van der Waals surface area contributed by atoms with E-state index in [0.717, 1.165) is 32.6 Å². The third-order valence-corrected chi connectivity index (χ3v) is 4.04. The first kappa shape index (κ1) is 14.9. The van der Waals surface area contributed by atoms with Gasteiger partial charge in [-0.25, -0.2) is 0 Å². The van der Waals surface area contributed by atoms with Crippen molar-refractivity contribution in [2.24, 2.45) is 11.7 Å². The predicted octanol–water partition coefficient (Wildman–Crippen LogP) is 1.10. The molecule has 17 heavy (non-hydrogen) atoms. The Labute approximate surface area is 105 Å². The lowest BCUT2D eigenvalue weighted by atomic mass is 9.82. The molecule has 0 amide bonds. The molecular formula is C13H28N2O2. The molecule has 2 unspecified atom stereocenters. The van der Waals surface area contributed by atoms with E-state index in [1.165, 1.54) is 0 Å². The number of rotatable bonds is 6. The summed E-state index contributed by atoms with van der Waals surface area (Å²) >= 11 is 0. The first-order chi connectivity index (χ1) is 8.05.